The molecular formula is C17H14N4O3S. The van der Waals surface area contributed by atoms with Gasteiger partial charge in [0.25, 0.3) is 11.8 Å². The lowest BCUT2D eigenvalue weighted by Crippen LogP contribution is -2.40. The van der Waals surface area contributed by atoms with Crippen LogP contribution in [0.15, 0.2) is 42.0 Å². The molecule has 0 atom stereocenters. The maximum Gasteiger partial charge on any atom is 0.262 e. The summed E-state index contributed by atoms with van der Waals surface area (Å²) in [5, 5.41) is 4.69. The third-order valence-electron chi connectivity index (χ3n) is 4.03. The molecule has 2 aromatic heterocycles. The lowest BCUT2D eigenvalue weighted by atomic mass is 10.1. The van der Waals surface area contributed by atoms with E-state index in [4.69, 9.17) is 0 Å². The van der Waals surface area contributed by atoms with Crippen LogP contribution in [-0.4, -0.2) is 45.1 Å². The minimum absolute atomic E-state index is 0.273. The highest BCUT2D eigenvalue weighted by molar-refractivity contribution is 7.15. The van der Waals surface area contributed by atoms with Crippen molar-refractivity contribution in [3.63, 3.8) is 0 Å². The van der Waals surface area contributed by atoms with E-state index in [1.54, 1.807) is 35.6 Å². The number of fused-ring (bicyclic) bond motifs is 2. The van der Waals surface area contributed by atoms with E-state index in [1.807, 2.05) is 22.2 Å². The van der Waals surface area contributed by atoms with Crippen LogP contribution < -0.4 is 5.32 Å². The molecule has 3 amide bonds. The lowest BCUT2D eigenvalue weighted by molar-refractivity contribution is -0.121. The van der Waals surface area contributed by atoms with Crippen LogP contribution in [0.4, 0.5) is 0 Å². The van der Waals surface area contributed by atoms with Gasteiger partial charge in [0.2, 0.25) is 5.91 Å². The Morgan fingerprint density at radius 3 is 2.56 bits per heavy atom. The molecular weight excluding hydrogens is 340 g/mol. The third-order valence-corrected chi connectivity index (χ3v) is 4.80. The average molecular weight is 354 g/mol. The average Bonchev–Trinajstić information content (AvgIpc) is 3.25. The lowest BCUT2D eigenvalue weighted by Gasteiger charge is -2.13. The molecule has 0 bridgehead atoms. The van der Waals surface area contributed by atoms with Gasteiger partial charge in [-0.15, -0.1) is 11.3 Å². The Balaban J connectivity index is 1.33. The predicted molar refractivity (Wildman–Crippen MR) is 91.6 cm³/mol. The standard InChI is InChI=1S/C17H14N4O3S/c22-14(18-6-5-11-9-20-7-8-25-17(20)19-11)10-21-15(23)12-3-1-2-4-13(12)16(21)24/h1-4,7-9H,5-6,10H2,(H,18,22). The van der Waals surface area contributed by atoms with Crippen molar-refractivity contribution in [3.8, 4) is 0 Å². The van der Waals surface area contributed by atoms with Crippen molar-refractivity contribution in [1.29, 1.82) is 0 Å². The molecule has 1 aliphatic heterocycles. The molecule has 0 unspecified atom stereocenters. The van der Waals surface area contributed by atoms with Gasteiger partial charge >= 0.3 is 0 Å². The smallest absolute Gasteiger partial charge is 0.262 e. The number of rotatable bonds is 5. The molecule has 126 valence electrons. The molecule has 4 rings (SSSR count). The van der Waals surface area contributed by atoms with Gasteiger partial charge in [-0.05, 0) is 12.1 Å². The number of nitrogens with zero attached hydrogens (tertiary/aromatic N) is 3. The number of amides is 3. The molecule has 1 N–H and O–H groups in total. The Labute approximate surface area is 146 Å². The van der Waals surface area contributed by atoms with Crippen LogP contribution in [0.2, 0.25) is 0 Å². The van der Waals surface area contributed by atoms with Crippen molar-refractivity contribution in [2.75, 3.05) is 13.1 Å². The van der Waals surface area contributed by atoms with Crippen LogP contribution in [0.5, 0.6) is 0 Å². The molecule has 25 heavy (non-hydrogen) atoms. The molecule has 1 aromatic carbocycles. The van der Waals surface area contributed by atoms with Crippen molar-refractivity contribution in [1.82, 2.24) is 19.6 Å². The third kappa shape index (κ3) is 2.80. The van der Waals surface area contributed by atoms with Gasteiger partial charge in [-0.1, -0.05) is 12.1 Å². The van der Waals surface area contributed by atoms with Gasteiger partial charge in [-0.3, -0.25) is 23.7 Å². The van der Waals surface area contributed by atoms with E-state index < -0.39 is 11.8 Å². The summed E-state index contributed by atoms with van der Waals surface area (Å²) < 4.78 is 1.93. The predicted octanol–water partition coefficient (Wildman–Crippen LogP) is 1.35. The van der Waals surface area contributed by atoms with E-state index in [0.717, 1.165) is 15.6 Å². The topological polar surface area (TPSA) is 83.8 Å². The van der Waals surface area contributed by atoms with E-state index in [9.17, 15) is 14.4 Å². The molecule has 1 aliphatic rings. The van der Waals surface area contributed by atoms with Gasteiger partial charge in [-0.2, -0.15) is 0 Å². The van der Waals surface area contributed by atoms with Gasteiger partial charge in [-0.25, -0.2) is 4.98 Å². The fraction of sp³-hybridized carbons (Fsp3) is 0.176. The number of aromatic nitrogens is 2. The van der Waals surface area contributed by atoms with Crippen LogP contribution in [0.25, 0.3) is 4.96 Å². The SMILES string of the molecule is O=C(CN1C(=O)c2ccccc2C1=O)NCCc1cn2ccsc2n1. The summed E-state index contributed by atoms with van der Waals surface area (Å²) in [7, 11) is 0. The van der Waals surface area contributed by atoms with Crippen molar-refractivity contribution in [2.24, 2.45) is 0 Å². The highest BCUT2D eigenvalue weighted by Crippen LogP contribution is 2.21. The van der Waals surface area contributed by atoms with Gasteiger partial charge in [0, 0.05) is 30.7 Å². The summed E-state index contributed by atoms with van der Waals surface area (Å²) in [5.74, 6) is -1.22. The van der Waals surface area contributed by atoms with Crippen LogP contribution >= 0.6 is 11.3 Å². The number of hydrogen-bond donors (Lipinski definition) is 1. The van der Waals surface area contributed by atoms with Crippen LogP contribution in [0, 0.1) is 0 Å². The molecule has 0 saturated heterocycles. The van der Waals surface area contributed by atoms with E-state index in [-0.39, 0.29) is 12.5 Å². The van der Waals surface area contributed by atoms with Crippen LogP contribution in [0.1, 0.15) is 26.4 Å². The molecule has 3 aromatic rings. The highest BCUT2D eigenvalue weighted by Gasteiger charge is 2.36. The van der Waals surface area contributed by atoms with E-state index >= 15 is 0 Å². The molecule has 7 nitrogen and oxygen atoms in total. The number of imide groups is 1. The zero-order valence-corrected chi connectivity index (χ0v) is 14.0. The van der Waals surface area contributed by atoms with Crippen LogP contribution in [0.3, 0.4) is 0 Å². The summed E-state index contributed by atoms with van der Waals surface area (Å²) in [4.78, 5) is 42.8. The Kier molecular flexibility index (Phi) is 3.81. The summed E-state index contributed by atoms with van der Waals surface area (Å²) in [5.41, 5.74) is 1.57. The maximum absolute atomic E-state index is 12.2. The number of thiazole rings is 1. The second kappa shape index (κ2) is 6.14. The van der Waals surface area contributed by atoms with E-state index in [0.29, 0.717) is 24.1 Å². The first kappa shape index (κ1) is 15.5. The number of hydrogen-bond acceptors (Lipinski definition) is 5. The highest BCUT2D eigenvalue weighted by atomic mass is 32.1. The maximum atomic E-state index is 12.2. The molecule has 8 heteroatoms. The largest absolute Gasteiger partial charge is 0.354 e. The van der Waals surface area contributed by atoms with Crippen molar-refractivity contribution in [3.05, 3.63) is 58.9 Å². The minimum atomic E-state index is -0.426. The number of imidazole rings is 1. The van der Waals surface area contributed by atoms with E-state index in [2.05, 4.69) is 10.3 Å². The van der Waals surface area contributed by atoms with Gasteiger partial charge < -0.3 is 5.32 Å². The Morgan fingerprint density at radius 1 is 1.16 bits per heavy atom. The second-order valence-electron chi connectivity index (χ2n) is 5.67. The Morgan fingerprint density at radius 2 is 1.88 bits per heavy atom. The second-order valence-corrected chi connectivity index (χ2v) is 6.54. The molecule has 0 spiro atoms. The molecule has 0 saturated carbocycles. The fourth-order valence-electron chi connectivity index (χ4n) is 2.81. The minimum Gasteiger partial charge on any atom is -0.354 e. The Bertz CT molecular complexity index is 927. The first-order chi connectivity index (χ1) is 12.1. The van der Waals surface area contributed by atoms with Crippen molar-refractivity contribution >= 4 is 34.0 Å². The fourth-order valence-corrected chi connectivity index (χ4v) is 3.53. The summed E-state index contributed by atoms with van der Waals surface area (Å²) >= 11 is 1.55. The number of carbonyl (C=O) groups is 3. The monoisotopic (exact) mass is 354 g/mol. The normalized spacial score (nSPS) is 13.5. The van der Waals surface area contributed by atoms with Gasteiger partial charge in [0.15, 0.2) is 4.96 Å². The summed E-state index contributed by atoms with van der Waals surface area (Å²) in [6.07, 6.45) is 4.43. The molecule has 0 radical (unpaired) electrons. The van der Waals surface area contributed by atoms with Crippen molar-refractivity contribution < 1.29 is 14.4 Å². The first-order valence-corrected chi connectivity index (χ1v) is 8.64. The molecule has 3 heterocycles. The van der Waals surface area contributed by atoms with Gasteiger partial charge in [0.1, 0.15) is 6.54 Å². The quantitative estimate of drug-likeness (QED) is 0.701. The first-order valence-electron chi connectivity index (χ1n) is 7.76. The molecule has 0 aliphatic carbocycles. The summed E-state index contributed by atoms with van der Waals surface area (Å²) in [6.45, 7) is 0.122. The van der Waals surface area contributed by atoms with Gasteiger partial charge in [0.05, 0.1) is 16.8 Å². The number of benzene rings is 1. The Hall–Kier alpha value is -3.00. The zero-order chi connectivity index (χ0) is 17.4. The van der Waals surface area contributed by atoms with Crippen molar-refractivity contribution in [2.45, 2.75) is 6.42 Å². The number of carbonyl (C=O) groups excluding carboxylic acids is 3. The molecule has 0 fully saturated rings. The summed E-state index contributed by atoms with van der Waals surface area (Å²) in [6, 6.07) is 6.59. The van der Waals surface area contributed by atoms with E-state index in [1.165, 1.54) is 0 Å². The number of nitrogens with one attached hydrogen (secondary N) is 1. The van der Waals surface area contributed by atoms with Crippen LogP contribution in [-0.2, 0) is 11.2 Å². The zero-order valence-electron chi connectivity index (χ0n) is 13.1.